The molecule has 1 aromatic carbocycles. The van der Waals surface area contributed by atoms with Crippen molar-refractivity contribution in [3.8, 4) is 17.0 Å². The van der Waals surface area contributed by atoms with Crippen LogP contribution in [0.4, 0.5) is 27.9 Å². The maximum atomic E-state index is 15.2. The van der Waals surface area contributed by atoms with E-state index in [0.717, 1.165) is 22.3 Å². The summed E-state index contributed by atoms with van der Waals surface area (Å²) in [6.07, 6.45) is 1.07. The van der Waals surface area contributed by atoms with Crippen LogP contribution in [0.25, 0.3) is 27.7 Å². The molecule has 1 fully saturated rings. The fraction of sp³-hybridized carbons (Fsp3) is 0.429. The summed E-state index contributed by atoms with van der Waals surface area (Å²) in [7, 11) is 2.89. The molecule has 0 saturated carbocycles. The zero-order valence-electron chi connectivity index (χ0n) is 18.9. The van der Waals surface area contributed by atoms with E-state index in [0.29, 0.717) is 11.1 Å². The molecule has 4 aromatic rings. The number of nitrogens with one attached hydrogen (secondary N) is 1. The summed E-state index contributed by atoms with van der Waals surface area (Å²) >= 11 is 0. The van der Waals surface area contributed by atoms with Crippen molar-refractivity contribution in [1.82, 2.24) is 34.5 Å². The van der Waals surface area contributed by atoms with Gasteiger partial charge in [0, 0.05) is 13.5 Å². The summed E-state index contributed by atoms with van der Waals surface area (Å²) in [6, 6.07) is 3.35. The van der Waals surface area contributed by atoms with Crippen molar-refractivity contribution >= 4 is 22.5 Å². The van der Waals surface area contributed by atoms with Gasteiger partial charge in [-0.25, -0.2) is 31.1 Å². The highest BCUT2D eigenvalue weighted by molar-refractivity contribution is 5.89. The minimum atomic E-state index is -3.03. The van der Waals surface area contributed by atoms with Gasteiger partial charge in [-0.2, -0.15) is 4.98 Å². The molecule has 0 aliphatic carbocycles. The Labute approximate surface area is 195 Å². The van der Waals surface area contributed by atoms with Crippen LogP contribution in [0.5, 0.6) is 5.88 Å². The molecule has 0 bridgehead atoms. The lowest BCUT2D eigenvalue weighted by Gasteiger charge is -2.19. The molecule has 4 heterocycles. The van der Waals surface area contributed by atoms with Crippen LogP contribution in [0, 0.1) is 5.82 Å². The van der Waals surface area contributed by atoms with Crippen molar-refractivity contribution in [2.24, 2.45) is 0 Å². The first-order chi connectivity index (χ1) is 16.4. The fourth-order valence-corrected chi connectivity index (χ4v) is 4.29. The largest absolute Gasteiger partial charge is 0.479 e. The van der Waals surface area contributed by atoms with Gasteiger partial charge in [-0.1, -0.05) is 11.3 Å². The zero-order valence-corrected chi connectivity index (χ0v) is 18.9. The van der Waals surface area contributed by atoms with Crippen LogP contribution < -0.4 is 10.1 Å². The highest BCUT2D eigenvalue weighted by Gasteiger charge is 2.47. The summed E-state index contributed by atoms with van der Waals surface area (Å²) < 4.78 is 78.3. The minimum Gasteiger partial charge on any atom is -0.479 e. The first-order valence-corrected chi connectivity index (χ1v) is 10.6. The zero-order chi connectivity index (χ0) is 25.1. The normalized spacial score (nSPS) is 18.6. The summed E-state index contributed by atoms with van der Waals surface area (Å²) in [5.74, 6) is -6.94. The Kier molecular flexibility index (Phi) is 5.30. The van der Waals surface area contributed by atoms with Crippen molar-refractivity contribution in [3.63, 3.8) is 0 Å². The standard InChI is InChI=1S/C21H21F5N8O/c1-20(23,24)9-34-14-6-11(4-5-13(14)29-31-34)16-12(22)7-33-17(16)18(35-3)28-19(30-33)27-15-8-32(2)10-21(15,25)26/h4-7,15H,8-10H2,1-3H3,(H,27,30)/t15-/m1/s1. The number of methoxy groups -OCH3 is 1. The van der Waals surface area contributed by atoms with Gasteiger partial charge in [-0.05, 0) is 24.7 Å². The fourth-order valence-electron chi connectivity index (χ4n) is 4.29. The van der Waals surface area contributed by atoms with Crippen molar-refractivity contribution in [1.29, 1.82) is 0 Å². The average molecular weight is 496 g/mol. The number of ether oxygens (including phenoxy) is 1. The van der Waals surface area contributed by atoms with Crippen LogP contribution in [-0.4, -0.2) is 79.6 Å². The summed E-state index contributed by atoms with van der Waals surface area (Å²) in [5, 5.41) is 14.4. The lowest BCUT2D eigenvalue weighted by molar-refractivity contribution is 0.00121. The number of anilines is 1. The highest BCUT2D eigenvalue weighted by atomic mass is 19.3. The van der Waals surface area contributed by atoms with E-state index in [2.05, 4.69) is 25.7 Å². The molecule has 0 amide bonds. The Bertz CT molecular complexity index is 1410. The predicted octanol–water partition coefficient (Wildman–Crippen LogP) is 3.31. The van der Waals surface area contributed by atoms with Crippen LogP contribution in [0.3, 0.4) is 0 Å². The number of nitrogens with zero attached hydrogens (tertiary/aromatic N) is 7. The third-order valence-electron chi connectivity index (χ3n) is 5.76. The van der Waals surface area contributed by atoms with Gasteiger partial charge >= 0.3 is 0 Å². The second-order valence-electron chi connectivity index (χ2n) is 8.77. The third-order valence-corrected chi connectivity index (χ3v) is 5.76. The molecule has 1 aliphatic heterocycles. The molecule has 1 saturated heterocycles. The SMILES string of the molecule is COc1nc(N[C@@H]2CN(C)CC2(F)F)nn2cc(F)c(-c3ccc4nnn(CC(C)(F)F)c4c3)c12. The molecule has 186 valence electrons. The molecule has 9 nitrogen and oxygen atoms in total. The lowest BCUT2D eigenvalue weighted by Crippen LogP contribution is -2.38. The van der Waals surface area contributed by atoms with Crippen molar-refractivity contribution in [2.45, 2.75) is 31.4 Å². The molecule has 35 heavy (non-hydrogen) atoms. The number of likely N-dealkylation sites (N-methyl/N-ethyl adjacent to an activating group) is 1. The number of aromatic nitrogens is 6. The second-order valence-corrected chi connectivity index (χ2v) is 8.77. The summed E-state index contributed by atoms with van der Waals surface area (Å²) in [5.41, 5.74) is 1.17. The Morgan fingerprint density at radius 2 is 2.06 bits per heavy atom. The summed E-state index contributed by atoms with van der Waals surface area (Å²) in [6.45, 7) is -0.280. The molecule has 5 rings (SSSR count). The van der Waals surface area contributed by atoms with Crippen LogP contribution in [-0.2, 0) is 6.54 Å². The van der Waals surface area contributed by atoms with E-state index < -0.39 is 36.8 Å². The van der Waals surface area contributed by atoms with Crippen molar-refractivity contribution in [3.05, 3.63) is 30.2 Å². The van der Waals surface area contributed by atoms with E-state index in [1.54, 1.807) is 13.1 Å². The van der Waals surface area contributed by atoms with E-state index in [-0.39, 0.29) is 35.0 Å². The van der Waals surface area contributed by atoms with Gasteiger partial charge in [0.05, 0.1) is 30.9 Å². The van der Waals surface area contributed by atoms with Gasteiger partial charge in [0.15, 0.2) is 5.82 Å². The topological polar surface area (TPSA) is 85.4 Å². The van der Waals surface area contributed by atoms with Crippen LogP contribution in [0.2, 0.25) is 0 Å². The van der Waals surface area contributed by atoms with E-state index in [9.17, 15) is 17.6 Å². The van der Waals surface area contributed by atoms with Gasteiger partial charge in [0.2, 0.25) is 11.8 Å². The van der Waals surface area contributed by atoms with E-state index in [1.807, 2.05) is 0 Å². The molecule has 3 aromatic heterocycles. The quantitative estimate of drug-likeness (QED) is 0.410. The van der Waals surface area contributed by atoms with E-state index >= 15 is 4.39 Å². The number of likely N-dealkylation sites (tertiary alicyclic amines) is 1. The maximum Gasteiger partial charge on any atom is 0.281 e. The molecule has 0 radical (unpaired) electrons. The number of alkyl halides is 4. The monoisotopic (exact) mass is 496 g/mol. The Morgan fingerprint density at radius 1 is 1.29 bits per heavy atom. The summed E-state index contributed by atoms with van der Waals surface area (Å²) in [4.78, 5) is 5.66. The lowest BCUT2D eigenvalue weighted by atomic mass is 10.1. The smallest absolute Gasteiger partial charge is 0.281 e. The van der Waals surface area contributed by atoms with Crippen LogP contribution in [0.1, 0.15) is 6.92 Å². The molecular weight excluding hydrogens is 475 g/mol. The van der Waals surface area contributed by atoms with Crippen LogP contribution >= 0.6 is 0 Å². The second kappa shape index (κ2) is 8.00. The molecule has 1 N–H and O–H groups in total. The van der Waals surface area contributed by atoms with Gasteiger partial charge in [-0.3, -0.25) is 4.90 Å². The Balaban J connectivity index is 1.58. The number of halogens is 5. The van der Waals surface area contributed by atoms with Gasteiger partial charge in [0.1, 0.15) is 23.6 Å². The molecular formula is C21H21F5N8O. The molecule has 1 atom stereocenters. The Morgan fingerprint density at radius 3 is 2.71 bits per heavy atom. The average Bonchev–Trinajstić information content (AvgIpc) is 3.38. The first kappa shape index (κ1) is 23.2. The minimum absolute atomic E-state index is 0.0529. The van der Waals surface area contributed by atoms with E-state index in [1.165, 1.54) is 24.1 Å². The number of rotatable bonds is 6. The number of benzene rings is 1. The molecule has 0 spiro atoms. The molecule has 1 aliphatic rings. The van der Waals surface area contributed by atoms with Gasteiger partial charge in [-0.15, -0.1) is 10.2 Å². The van der Waals surface area contributed by atoms with Gasteiger partial charge < -0.3 is 10.1 Å². The van der Waals surface area contributed by atoms with E-state index in [4.69, 9.17) is 4.74 Å². The number of fused-ring (bicyclic) bond motifs is 2. The first-order valence-electron chi connectivity index (χ1n) is 10.6. The molecule has 0 unspecified atom stereocenters. The number of hydrogen-bond donors (Lipinski definition) is 1. The van der Waals surface area contributed by atoms with Crippen LogP contribution in [0.15, 0.2) is 24.4 Å². The Hall–Kier alpha value is -3.55. The van der Waals surface area contributed by atoms with Gasteiger partial charge in [0.25, 0.3) is 11.8 Å². The third kappa shape index (κ3) is 4.22. The highest BCUT2D eigenvalue weighted by Crippen LogP contribution is 2.36. The number of hydrogen-bond acceptors (Lipinski definition) is 7. The van der Waals surface area contributed by atoms with Crippen molar-refractivity contribution in [2.75, 3.05) is 32.6 Å². The van der Waals surface area contributed by atoms with Crippen molar-refractivity contribution < 1.29 is 26.7 Å². The molecule has 14 heteroatoms. The maximum absolute atomic E-state index is 15.2. The predicted molar refractivity (Wildman–Crippen MR) is 116 cm³/mol.